The van der Waals surface area contributed by atoms with Crippen molar-refractivity contribution in [2.75, 3.05) is 38.7 Å². The highest BCUT2D eigenvalue weighted by molar-refractivity contribution is 5.65. The molecule has 1 N–H and O–H groups in total. The summed E-state index contributed by atoms with van der Waals surface area (Å²) in [7, 11) is 1.33. The van der Waals surface area contributed by atoms with Crippen LogP contribution in [0.4, 0.5) is 15.8 Å². The number of anilines is 1. The van der Waals surface area contributed by atoms with Crippen molar-refractivity contribution in [3.8, 4) is 5.75 Å². The van der Waals surface area contributed by atoms with Crippen molar-refractivity contribution in [2.24, 2.45) is 0 Å². The molecule has 1 aromatic carbocycles. The average Bonchev–Trinajstić information content (AvgIpc) is 2.55. The average molecular weight is 327 g/mol. The third kappa shape index (κ3) is 4.08. The smallest absolute Gasteiger partial charge is 0.295 e. The summed E-state index contributed by atoms with van der Waals surface area (Å²) in [6, 6.07) is 2.29. The van der Waals surface area contributed by atoms with Gasteiger partial charge in [0.15, 0.2) is 11.6 Å². The van der Waals surface area contributed by atoms with E-state index in [1.165, 1.54) is 13.2 Å². The normalized spacial score (nSPS) is 18.3. The largest absolute Gasteiger partial charge is 0.494 e. The standard InChI is InChI=1S/C15H22FN3O4/c1-10(11(2)18-4-6-23-7-5-18)17-13-9-15(22-3)12(16)8-14(13)19(20)21/h8-11,17H,4-7H2,1-3H3. The van der Waals surface area contributed by atoms with Gasteiger partial charge in [0, 0.05) is 31.2 Å². The maximum absolute atomic E-state index is 13.7. The van der Waals surface area contributed by atoms with Gasteiger partial charge < -0.3 is 14.8 Å². The summed E-state index contributed by atoms with van der Waals surface area (Å²) in [5.41, 5.74) is -0.0508. The molecule has 0 aliphatic carbocycles. The highest BCUT2D eigenvalue weighted by Gasteiger charge is 2.25. The van der Waals surface area contributed by atoms with Crippen LogP contribution in [0.5, 0.6) is 5.75 Å². The third-order valence-corrected chi connectivity index (χ3v) is 4.20. The summed E-state index contributed by atoms with van der Waals surface area (Å²) >= 11 is 0. The lowest BCUT2D eigenvalue weighted by Gasteiger charge is -2.36. The van der Waals surface area contributed by atoms with Gasteiger partial charge in [-0.3, -0.25) is 15.0 Å². The Morgan fingerprint density at radius 2 is 2.04 bits per heavy atom. The Morgan fingerprint density at radius 1 is 1.39 bits per heavy atom. The second-order valence-electron chi connectivity index (χ2n) is 5.58. The molecule has 0 radical (unpaired) electrons. The van der Waals surface area contributed by atoms with E-state index in [-0.39, 0.29) is 29.2 Å². The molecular weight excluding hydrogens is 305 g/mol. The minimum absolute atomic E-state index is 0.0238. The number of ether oxygens (including phenoxy) is 2. The Labute approximate surface area is 134 Å². The van der Waals surface area contributed by atoms with Crippen LogP contribution >= 0.6 is 0 Å². The summed E-state index contributed by atoms with van der Waals surface area (Å²) in [6.45, 7) is 7.00. The van der Waals surface area contributed by atoms with Crippen LogP contribution in [0.1, 0.15) is 13.8 Å². The monoisotopic (exact) mass is 327 g/mol. The van der Waals surface area contributed by atoms with Gasteiger partial charge in [0.05, 0.1) is 31.3 Å². The summed E-state index contributed by atoms with van der Waals surface area (Å²) in [4.78, 5) is 12.8. The quantitative estimate of drug-likeness (QED) is 0.638. The Morgan fingerprint density at radius 3 is 2.61 bits per heavy atom. The van der Waals surface area contributed by atoms with Gasteiger partial charge in [-0.25, -0.2) is 4.39 Å². The van der Waals surface area contributed by atoms with Crippen LogP contribution in [0.3, 0.4) is 0 Å². The number of morpholine rings is 1. The Balaban J connectivity index is 2.18. The topological polar surface area (TPSA) is 76.9 Å². The second kappa shape index (κ2) is 7.56. The molecule has 2 unspecified atom stereocenters. The molecule has 1 aromatic rings. The van der Waals surface area contributed by atoms with Gasteiger partial charge >= 0.3 is 0 Å². The van der Waals surface area contributed by atoms with Gasteiger partial charge in [-0.1, -0.05) is 0 Å². The first-order chi connectivity index (χ1) is 10.9. The fourth-order valence-corrected chi connectivity index (χ4v) is 2.63. The van der Waals surface area contributed by atoms with Gasteiger partial charge in [-0.2, -0.15) is 0 Å². The number of benzene rings is 1. The molecule has 1 heterocycles. The SMILES string of the molecule is COc1cc(NC(C)C(C)N2CCOCC2)c([N+](=O)[O-])cc1F. The molecule has 0 saturated carbocycles. The third-order valence-electron chi connectivity index (χ3n) is 4.20. The lowest BCUT2D eigenvalue weighted by Crippen LogP contribution is -2.48. The van der Waals surface area contributed by atoms with Crippen molar-refractivity contribution in [2.45, 2.75) is 25.9 Å². The highest BCUT2D eigenvalue weighted by atomic mass is 19.1. The predicted octanol–water partition coefficient (Wildman–Crippen LogP) is 2.26. The molecule has 128 valence electrons. The molecule has 0 aromatic heterocycles. The number of hydrogen-bond acceptors (Lipinski definition) is 6. The van der Waals surface area contributed by atoms with Crippen molar-refractivity contribution in [1.29, 1.82) is 0 Å². The maximum Gasteiger partial charge on any atom is 0.295 e. The van der Waals surface area contributed by atoms with Gasteiger partial charge in [0.2, 0.25) is 0 Å². The van der Waals surface area contributed by atoms with Crippen molar-refractivity contribution < 1.29 is 18.8 Å². The molecule has 0 spiro atoms. The number of nitro benzene ring substituents is 1. The highest BCUT2D eigenvalue weighted by Crippen LogP contribution is 2.32. The Hall–Kier alpha value is -1.93. The van der Waals surface area contributed by atoms with Crippen molar-refractivity contribution >= 4 is 11.4 Å². The van der Waals surface area contributed by atoms with Crippen molar-refractivity contribution in [1.82, 2.24) is 4.90 Å². The lowest BCUT2D eigenvalue weighted by atomic mass is 10.1. The molecule has 1 aliphatic heterocycles. The van der Waals surface area contributed by atoms with Crippen molar-refractivity contribution in [3.63, 3.8) is 0 Å². The minimum atomic E-state index is -0.751. The Kier molecular flexibility index (Phi) is 5.73. The zero-order valence-corrected chi connectivity index (χ0v) is 13.5. The van der Waals surface area contributed by atoms with Crippen LogP contribution in [0.25, 0.3) is 0 Å². The van der Waals surface area contributed by atoms with Crippen LogP contribution in [0, 0.1) is 15.9 Å². The first-order valence-electron chi connectivity index (χ1n) is 7.54. The summed E-state index contributed by atoms with van der Waals surface area (Å²) < 4.78 is 23.9. The second-order valence-corrected chi connectivity index (χ2v) is 5.58. The van der Waals surface area contributed by atoms with E-state index in [4.69, 9.17) is 9.47 Å². The molecule has 8 heteroatoms. The van der Waals surface area contributed by atoms with Gasteiger partial charge in [0.1, 0.15) is 5.69 Å². The van der Waals surface area contributed by atoms with E-state index in [2.05, 4.69) is 17.1 Å². The lowest BCUT2D eigenvalue weighted by molar-refractivity contribution is -0.384. The minimum Gasteiger partial charge on any atom is -0.494 e. The molecular formula is C15H22FN3O4. The molecule has 2 atom stereocenters. The maximum atomic E-state index is 13.7. The fourth-order valence-electron chi connectivity index (χ4n) is 2.63. The number of halogens is 1. The van der Waals surface area contributed by atoms with Crippen LogP contribution in [-0.2, 0) is 4.74 Å². The zero-order valence-electron chi connectivity index (χ0n) is 13.5. The zero-order chi connectivity index (χ0) is 17.0. The number of hydrogen-bond donors (Lipinski definition) is 1. The van der Waals surface area contributed by atoms with E-state index in [9.17, 15) is 14.5 Å². The van der Waals surface area contributed by atoms with E-state index in [0.29, 0.717) is 13.2 Å². The predicted molar refractivity (Wildman–Crippen MR) is 84.5 cm³/mol. The first-order valence-corrected chi connectivity index (χ1v) is 7.54. The Bertz CT molecular complexity index is 564. The molecule has 0 bridgehead atoms. The molecule has 1 aliphatic rings. The number of nitrogens with one attached hydrogen (secondary N) is 1. The van der Waals surface area contributed by atoms with Gasteiger partial charge in [-0.05, 0) is 13.8 Å². The molecule has 1 saturated heterocycles. The molecule has 1 fully saturated rings. The van der Waals surface area contributed by atoms with Crippen LogP contribution in [0.2, 0.25) is 0 Å². The molecule has 7 nitrogen and oxygen atoms in total. The summed E-state index contributed by atoms with van der Waals surface area (Å²) in [6.07, 6.45) is 0. The number of nitro groups is 1. The molecule has 2 rings (SSSR count). The summed E-state index contributed by atoms with van der Waals surface area (Å²) in [5, 5.41) is 14.3. The number of methoxy groups -OCH3 is 1. The molecule has 23 heavy (non-hydrogen) atoms. The summed E-state index contributed by atoms with van der Waals surface area (Å²) in [5.74, 6) is -0.775. The van der Waals surface area contributed by atoms with E-state index < -0.39 is 10.7 Å². The van der Waals surface area contributed by atoms with E-state index in [0.717, 1.165) is 19.2 Å². The number of rotatable bonds is 6. The van der Waals surface area contributed by atoms with E-state index >= 15 is 0 Å². The van der Waals surface area contributed by atoms with E-state index in [1.54, 1.807) is 0 Å². The fraction of sp³-hybridized carbons (Fsp3) is 0.600. The van der Waals surface area contributed by atoms with Gasteiger partial charge in [-0.15, -0.1) is 0 Å². The van der Waals surface area contributed by atoms with Crippen LogP contribution < -0.4 is 10.1 Å². The van der Waals surface area contributed by atoms with Crippen LogP contribution in [-0.4, -0.2) is 55.3 Å². The van der Waals surface area contributed by atoms with E-state index in [1.807, 2.05) is 6.92 Å². The first kappa shape index (κ1) is 17.4. The number of nitrogens with zero attached hydrogens (tertiary/aromatic N) is 2. The van der Waals surface area contributed by atoms with Gasteiger partial charge in [0.25, 0.3) is 5.69 Å². The molecule has 0 amide bonds. The van der Waals surface area contributed by atoms with Crippen LogP contribution in [0.15, 0.2) is 12.1 Å². The van der Waals surface area contributed by atoms with Crippen molar-refractivity contribution in [3.05, 3.63) is 28.1 Å².